The van der Waals surface area contributed by atoms with Crippen molar-refractivity contribution >= 4 is 30.5 Å². The molecule has 0 heterocycles. The number of benzene rings is 1. The number of amides is 3. The molecule has 2 atom stereocenters. The quantitative estimate of drug-likeness (QED) is 0.257. The van der Waals surface area contributed by atoms with Crippen LogP contribution in [0.4, 0.5) is 4.79 Å². The fraction of sp³-hybridized carbons (Fsp3) is 0.583. The highest BCUT2D eigenvalue weighted by Crippen LogP contribution is 2.23. The van der Waals surface area contributed by atoms with E-state index < -0.39 is 29.7 Å². The Morgan fingerprint density at radius 2 is 1.82 bits per heavy atom. The number of alkyl carbamates (subject to hydrolysis) is 1. The molecule has 2 unspecified atom stereocenters. The average molecular weight is 477 g/mol. The number of unbranched alkanes of at least 4 members (excludes halogenated alkanes) is 2. The summed E-state index contributed by atoms with van der Waals surface area (Å²) in [5, 5.41) is 14.8. The molecule has 0 aliphatic rings. The van der Waals surface area contributed by atoms with Crippen molar-refractivity contribution < 1.29 is 19.1 Å². The van der Waals surface area contributed by atoms with Gasteiger partial charge >= 0.3 is 6.09 Å². The Kier molecular flexibility index (Phi) is 11.8. The third-order valence-corrected chi connectivity index (χ3v) is 5.09. The lowest BCUT2D eigenvalue weighted by molar-refractivity contribution is -0.141. The third-order valence-electron chi connectivity index (χ3n) is 4.73. The van der Waals surface area contributed by atoms with Gasteiger partial charge in [-0.2, -0.15) is 17.9 Å². The fourth-order valence-electron chi connectivity index (χ4n) is 3.11. The van der Waals surface area contributed by atoms with E-state index in [2.05, 4.69) is 30.2 Å². The van der Waals surface area contributed by atoms with Gasteiger partial charge in [0.05, 0.1) is 6.07 Å². The van der Waals surface area contributed by atoms with E-state index in [-0.39, 0.29) is 18.2 Å². The van der Waals surface area contributed by atoms with Crippen molar-refractivity contribution in [1.29, 1.82) is 5.26 Å². The molecule has 0 bridgehead atoms. The number of hydrogen-bond acceptors (Lipinski definition) is 6. The largest absolute Gasteiger partial charge is 0.444 e. The molecular weight excluding hydrogens is 440 g/mol. The van der Waals surface area contributed by atoms with Gasteiger partial charge in [0.25, 0.3) is 0 Å². The number of rotatable bonds is 11. The summed E-state index contributed by atoms with van der Waals surface area (Å²) in [7, 11) is 0. The van der Waals surface area contributed by atoms with Gasteiger partial charge in [0.1, 0.15) is 24.2 Å². The minimum atomic E-state index is -1.07. The monoisotopic (exact) mass is 476 g/mol. The van der Waals surface area contributed by atoms with Gasteiger partial charge < -0.3 is 20.3 Å². The summed E-state index contributed by atoms with van der Waals surface area (Å²) in [6.07, 6.45) is 2.02. The zero-order chi connectivity index (χ0) is 25.0. The summed E-state index contributed by atoms with van der Waals surface area (Å²) < 4.78 is 5.24. The zero-order valence-corrected chi connectivity index (χ0v) is 21.1. The Bertz CT molecular complexity index is 830. The van der Waals surface area contributed by atoms with Crippen LogP contribution >= 0.6 is 12.6 Å². The normalized spacial score (nSPS) is 12.8. The molecule has 182 valence electrons. The van der Waals surface area contributed by atoms with Crippen LogP contribution in [-0.2, 0) is 14.3 Å². The number of nitrogens with zero attached hydrogens (tertiary/aromatic N) is 2. The predicted molar refractivity (Wildman–Crippen MR) is 131 cm³/mol. The molecule has 1 aromatic carbocycles. The number of nitrogens with one attached hydrogen (secondary N) is 2. The molecule has 8 nitrogen and oxygen atoms in total. The van der Waals surface area contributed by atoms with Gasteiger partial charge in [-0.05, 0) is 39.7 Å². The molecule has 3 amide bonds. The van der Waals surface area contributed by atoms with Crippen LogP contribution in [0.3, 0.4) is 0 Å². The number of thiol groups is 1. The summed E-state index contributed by atoms with van der Waals surface area (Å²) in [4.78, 5) is 40.0. The topological polar surface area (TPSA) is 112 Å². The maximum atomic E-state index is 13.4. The Morgan fingerprint density at radius 1 is 1.18 bits per heavy atom. The van der Waals surface area contributed by atoms with Gasteiger partial charge in [-0.3, -0.25) is 9.59 Å². The van der Waals surface area contributed by atoms with Gasteiger partial charge in [0.2, 0.25) is 11.8 Å². The maximum absolute atomic E-state index is 13.4. The first kappa shape index (κ1) is 28.3. The number of ether oxygens (including phenoxy) is 1. The highest BCUT2D eigenvalue weighted by atomic mass is 32.1. The van der Waals surface area contributed by atoms with Crippen molar-refractivity contribution in [2.45, 2.75) is 71.6 Å². The van der Waals surface area contributed by atoms with Crippen molar-refractivity contribution in [1.82, 2.24) is 15.5 Å². The van der Waals surface area contributed by atoms with Crippen LogP contribution in [0.5, 0.6) is 0 Å². The van der Waals surface area contributed by atoms with Crippen LogP contribution in [0.15, 0.2) is 24.3 Å². The smallest absolute Gasteiger partial charge is 0.408 e. The molecule has 1 aromatic rings. The lowest BCUT2D eigenvalue weighted by Crippen LogP contribution is -2.54. The van der Waals surface area contributed by atoms with Gasteiger partial charge in [-0.1, -0.05) is 49.6 Å². The number of carbonyl (C=O) groups excluding carboxylic acids is 3. The van der Waals surface area contributed by atoms with E-state index in [0.29, 0.717) is 12.1 Å². The zero-order valence-electron chi connectivity index (χ0n) is 20.2. The van der Waals surface area contributed by atoms with E-state index in [1.807, 2.05) is 25.1 Å². The Hall–Kier alpha value is -2.73. The SMILES string of the molecule is CCCCCNC(=O)C(c1ccc(C)cc1)N(CC#N)C(=O)C(CS)NC(=O)OC(C)(C)C. The first-order chi connectivity index (χ1) is 15.5. The summed E-state index contributed by atoms with van der Waals surface area (Å²) in [6, 6.07) is 7.09. The second-order valence-corrected chi connectivity index (χ2v) is 9.18. The second-order valence-electron chi connectivity index (χ2n) is 8.82. The lowest BCUT2D eigenvalue weighted by atomic mass is 10.0. The third kappa shape index (κ3) is 9.74. The van der Waals surface area contributed by atoms with E-state index in [1.165, 1.54) is 4.90 Å². The lowest BCUT2D eigenvalue weighted by Gasteiger charge is -2.32. The minimum Gasteiger partial charge on any atom is -0.444 e. The summed E-state index contributed by atoms with van der Waals surface area (Å²) in [6.45, 7) is 9.26. The van der Waals surface area contributed by atoms with Gasteiger partial charge in [-0.15, -0.1) is 0 Å². The summed E-state index contributed by atoms with van der Waals surface area (Å²) in [5.74, 6) is -1.00. The van der Waals surface area contributed by atoms with E-state index in [0.717, 1.165) is 24.8 Å². The van der Waals surface area contributed by atoms with Crippen LogP contribution in [0.1, 0.15) is 64.1 Å². The van der Waals surface area contributed by atoms with Crippen LogP contribution in [0.25, 0.3) is 0 Å². The van der Waals surface area contributed by atoms with Gasteiger partial charge in [-0.25, -0.2) is 4.79 Å². The molecule has 0 spiro atoms. The van der Waals surface area contributed by atoms with Crippen molar-refractivity contribution in [3.05, 3.63) is 35.4 Å². The van der Waals surface area contributed by atoms with Crippen LogP contribution < -0.4 is 10.6 Å². The maximum Gasteiger partial charge on any atom is 0.408 e. The van der Waals surface area contributed by atoms with Gasteiger partial charge in [0, 0.05) is 12.3 Å². The second kappa shape index (κ2) is 13.7. The first-order valence-electron chi connectivity index (χ1n) is 11.2. The van der Waals surface area contributed by atoms with Crippen LogP contribution in [0, 0.1) is 18.3 Å². The van der Waals surface area contributed by atoms with E-state index in [1.54, 1.807) is 32.9 Å². The van der Waals surface area contributed by atoms with Crippen molar-refractivity contribution in [2.75, 3.05) is 18.8 Å². The van der Waals surface area contributed by atoms with Crippen molar-refractivity contribution in [3.8, 4) is 6.07 Å². The molecule has 1 rings (SSSR count). The van der Waals surface area contributed by atoms with Gasteiger partial charge in [0.15, 0.2) is 0 Å². The molecule has 33 heavy (non-hydrogen) atoms. The van der Waals surface area contributed by atoms with Crippen molar-refractivity contribution in [3.63, 3.8) is 0 Å². The fourth-order valence-corrected chi connectivity index (χ4v) is 3.36. The number of nitriles is 1. The molecule has 0 aromatic heterocycles. The highest BCUT2D eigenvalue weighted by Gasteiger charge is 2.35. The highest BCUT2D eigenvalue weighted by molar-refractivity contribution is 7.80. The molecular formula is C24H36N4O4S. The van der Waals surface area contributed by atoms with E-state index in [4.69, 9.17) is 4.74 Å². The molecule has 0 saturated heterocycles. The molecule has 9 heteroatoms. The molecule has 0 radical (unpaired) electrons. The van der Waals surface area contributed by atoms with Crippen LogP contribution in [0.2, 0.25) is 0 Å². The first-order valence-corrected chi connectivity index (χ1v) is 11.8. The average Bonchev–Trinajstić information content (AvgIpc) is 2.74. The Labute approximate surface area is 202 Å². The summed E-state index contributed by atoms with van der Waals surface area (Å²) >= 11 is 4.20. The van der Waals surface area contributed by atoms with E-state index in [9.17, 15) is 19.6 Å². The molecule has 0 fully saturated rings. The number of aryl methyl sites for hydroxylation is 1. The Morgan fingerprint density at radius 3 is 2.33 bits per heavy atom. The molecule has 0 aliphatic heterocycles. The van der Waals surface area contributed by atoms with Crippen LogP contribution in [-0.4, -0.2) is 53.3 Å². The summed E-state index contributed by atoms with van der Waals surface area (Å²) in [5.41, 5.74) is 0.829. The Balaban J connectivity index is 3.23. The van der Waals surface area contributed by atoms with Crippen molar-refractivity contribution in [2.24, 2.45) is 0 Å². The minimum absolute atomic E-state index is 0.0290. The number of carbonyl (C=O) groups is 3. The number of hydrogen-bond donors (Lipinski definition) is 3. The predicted octanol–water partition coefficient (Wildman–Crippen LogP) is 3.52. The molecule has 0 aliphatic carbocycles. The molecule has 0 saturated carbocycles. The standard InChI is InChI=1S/C24H36N4O4S/c1-6-7-8-14-26-21(29)20(18-11-9-17(2)10-12-18)28(15-13-25)22(30)19(16-33)27-23(31)32-24(3,4)5/h9-12,19-20,33H,6-8,14-16H2,1-5H3,(H,26,29)(H,27,31). The molecule has 2 N–H and O–H groups in total. The van der Waals surface area contributed by atoms with E-state index >= 15 is 0 Å².